The molecule has 0 fully saturated rings. The zero-order chi connectivity index (χ0) is 12.8. The van der Waals surface area contributed by atoms with Crippen LogP contribution in [0.2, 0.25) is 0 Å². The molecule has 2 aromatic rings. The zero-order valence-corrected chi connectivity index (χ0v) is 9.71. The van der Waals surface area contributed by atoms with Crippen LogP contribution in [0.25, 0.3) is 0 Å². The molecule has 0 saturated carbocycles. The van der Waals surface area contributed by atoms with Crippen molar-refractivity contribution in [3.63, 3.8) is 0 Å². The van der Waals surface area contributed by atoms with Crippen LogP contribution < -0.4 is 10.6 Å². The third-order valence-electron chi connectivity index (χ3n) is 2.44. The molecule has 0 aliphatic heterocycles. The molecule has 0 aromatic heterocycles. The summed E-state index contributed by atoms with van der Waals surface area (Å²) in [6.07, 6.45) is 1.53. The molecule has 0 unspecified atom stereocenters. The van der Waals surface area contributed by atoms with Gasteiger partial charge < -0.3 is 10.6 Å². The van der Waals surface area contributed by atoms with Crippen molar-refractivity contribution < 1.29 is 9.13 Å². The molecule has 0 aliphatic carbocycles. The van der Waals surface area contributed by atoms with Gasteiger partial charge in [0.1, 0.15) is 18.2 Å². The summed E-state index contributed by atoms with van der Waals surface area (Å²) in [5.41, 5.74) is 1.71. The minimum Gasteiger partial charge on any atom is -0.488 e. The van der Waals surface area contributed by atoms with Gasteiger partial charge in [-0.15, -0.1) is 0 Å². The molecular formula is C14H13FN2O. The minimum atomic E-state index is -0.255. The lowest BCUT2D eigenvalue weighted by Crippen LogP contribution is -1.99. The minimum absolute atomic E-state index is 0.255. The Hall–Kier alpha value is -2.36. The second-order valence-electron chi connectivity index (χ2n) is 3.73. The molecule has 4 heteroatoms. The summed E-state index contributed by atoms with van der Waals surface area (Å²) in [4.78, 5) is 0. The first-order valence-electron chi connectivity index (χ1n) is 5.49. The van der Waals surface area contributed by atoms with E-state index in [-0.39, 0.29) is 5.82 Å². The molecule has 0 amide bonds. The van der Waals surface area contributed by atoms with E-state index in [9.17, 15) is 4.39 Å². The van der Waals surface area contributed by atoms with E-state index in [0.29, 0.717) is 12.4 Å². The highest BCUT2D eigenvalue weighted by molar-refractivity contribution is 5.83. The average Bonchev–Trinajstić information content (AvgIpc) is 2.40. The molecule has 0 bridgehead atoms. The number of nitrogens with two attached hydrogens (primary N) is 1. The SMILES string of the molecule is NN=Cc1ccccc1OCc1ccc(F)cc1. The quantitative estimate of drug-likeness (QED) is 0.510. The van der Waals surface area contributed by atoms with Crippen LogP contribution in [0.5, 0.6) is 5.75 Å². The Morgan fingerprint density at radius 2 is 1.83 bits per heavy atom. The highest BCUT2D eigenvalue weighted by Crippen LogP contribution is 2.17. The van der Waals surface area contributed by atoms with Gasteiger partial charge in [0.05, 0.1) is 6.21 Å². The van der Waals surface area contributed by atoms with Crippen molar-refractivity contribution in [2.45, 2.75) is 6.61 Å². The van der Waals surface area contributed by atoms with Crippen molar-refractivity contribution in [1.29, 1.82) is 0 Å². The molecule has 3 nitrogen and oxygen atoms in total. The van der Waals surface area contributed by atoms with Crippen molar-refractivity contribution in [2.75, 3.05) is 0 Å². The van der Waals surface area contributed by atoms with Crippen molar-refractivity contribution in [2.24, 2.45) is 10.9 Å². The maximum Gasteiger partial charge on any atom is 0.128 e. The smallest absolute Gasteiger partial charge is 0.128 e. The number of rotatable bonds is 4. The molecule has 2 aromatic carbocycles. The van der Waals surface area contributed by atoms with E-state index in [1.165, 1.54) is 18.3 Å². The van der Waals surface area contributed by atoms with Gasteiger partial charge in [0.2, 0.25) is 0 Å². The molecule has 2 rings (SSSR count). The van der Waals surface area contributed by atoms with E-state index in [2.05, 4.69) is 5.10 Å². The highest BCUT2D eigenvalue weighted by Gasteiger charge is 2.01. The predicted molar refractivity (Wildman–Crippen MR) is 69.0 cm³/mol. The number of hydrogen-bond donors (Lipinski definition) is 1. The lowest BCUT2D eigenvalue weighted by Gasteiger charge is -2.08. The van der Waals surface area contributed by atoms with Crippen LogP contribution in [0, 0.1) is 5.82 Å². The van der Waals surface area contributed by atoms with Gasteiger partial charge in [-0.05, 0) is 29.8 Å². The molecule has 0 radical (unpaired) electrons. The lowest BCUT2D eigenvalue weighted by molar-refractivity contribution is 0.305. The number of nitrogens with zero attached hydrogens (tertiary/aromatic N) is 1. The fraction of sp³-hybridized carbons (Fsp3) is 0.0714. The van der Waals surface area contributed by atoms with Gasteiger partial charge in [0, 0.05) is 5.56 Å². The molecular weight excluding hydrogens is 231 g/mol. The van der Waals surface area contributed by atoms with Crippen molar-refractivity contribution >= 4 is 6.21 Å². The molecule has 0 aliphatic rings. The predicted octanol–water partition coefficient (Wildman–Crippen LogP) is 2.70. The Balaban J connectivity index is 2.08. The van der Waals surface area contributed by atoms with Gasteiger partial charge in [-0.2, -0.15) is 5.10 Å². The molecule has 0 saturated heterocycles. The van der Waals surface area contributed by atoms with E-state index in [1.807, 2.05) is 24.3 Å². The van der Waals surface area contributed by atoms with E-state index >= 15 is 0 Å². The third kappa shape index (κ3) is 3.07. The van der Waals surface area contributed by atoms with Gasteiger partial charge in [-0.1, -0.05) is 24.3 Å². The van der Waals surface area contributed by atoms with Gasteiger partial charge in [-0.25, -0.2) is 4.39 Å². The van der Waals surface area contributed by atoms with Gasteiger partial charge in [0.15, 0.2) is 0 Å². The van der Waals surface area contributed by atoms with Crippen molar-refractivity contribution in [3.8, 4) is 5.75 Å². The molecule has 2 N–H and O–H groups in total. The van der Waals surface area contributed by atoms with E-state index < -0.39 is 0 Å². The normalized spacial score (nSPS) is 10.7. The van der Waals surface area contributed by atoms with Gasteiger partial charge in [0.25, 0.3) is 0 Å². The van der Waals surface area contributed by atoms with Crippen LogP contribution in [0.1, 0.15) is 11.1 Å². The van der Waals surface area contributed by atoms with E-state index in [1.54, 1.807) is 12.1 Å². The number of hydrogen-bond acceptors (Lipinski definition) is 3. The monoisotopic (exact) mass is 244 g/mol. The first-order chi connectivity index (χ1) is 8.79. The highest BCUT2D eigenvalue weighted by atomic mass is 19.1. The third-order valence-corrected chi connectivity index (χ3v) is 2.44. The number of halogens is 1. The standard InChI is InChI=1S/C14H13FN2O/c15-13-7-5-11(6-8-13)10-18-14-4-2-1-3-12(14)9-17-16/h1-9H,10,16H2. The summed E-state index contributed by atoms with van der Waals surface area (Å²) >= 11 is 0. The Kier molecular flexibility index (Phi) is 3.91. The molecule has 18 heavy (non-hydrogen) atoms. The first kappa shape index (κ1) is 12.1. The van der Waals surface area contributed by atoms with Crippen LogP contribution in [-0.4, -0.2) is 6.21 Å². The summed E-state index contributed by atoms with van der Waals surface area (Å²) in [7, 11) is 0. The summed E-state index contributed by atoms with van der Waals surface area (Å²) in [5.74, 6) is 5.56. The molecule has 0 atom stereocenters. The van der Waals surface area contributed by atoms with Crippen molar-refractivity contribution in [3.05, 3.63) is 65.5 Å². The average molecular weight is 244 g/mol. The van der Waals surface area contributed by atoms with Crippen LogP contribution in [0.4, 0.5) is 4.39 Å². The summed E-state index contributed by atoms with van der Waals surface area (Å²) < 4.78 is 18.4. The number of hydrazone groups is 1. The maximum absolute atomic E-state index is 12.7. The van der Waals surface area contributed by atoms with E-state index in [0.717, 1.165) is 11.1 Å². The van der Waals surface area contributed by atoms with Gasteiger partial charge in [-0.3, -0.25) is 0 Å². The maximum atomic E-state index is 12.7. The Labute approximate surface area is 105 Å². The summed E-state index contributed by atoms with van der Waals surface area (Å²) in [5, 5.41) is 3.48. The summed E-state index contributed by atoms with van der Waals surface area (Å²) in [6, 6.07) is 13.6. The van der Waals surface area contributed by atoms with Crippen LogP contribution in [0.15, 0.2) is 53.6 Å². The Bertz CT molecular complexity index is 538. The Morgan fingerprint density at radius 1 is 1.11 bits per heavy atom. The molecule has 0 heterocycles. The fourth-order valence-corrected chi connectivity index (χ4v) is 1.54. The molecule has 92 valence electrons. The number of ether oxygens (including phenoxy) is 1. The second kappa shape index (κ2) is 5.82. The second-order valence-corrected chi connectivity index (χ2v) is 3.73. The number of para-hydroxylation sites is 1. The van der Waals surface area contributed by atoms with Gasteiger partial charge >= 0.3 is 0 Å². The van der Waals surface area contributed by atoms with Crippen LogP contribution >= 0.6 is 0 Å². The Morgan fingerprint density at radius 3 is 2.56 bits per heavy atom. The molecule has 0 spiro atoms. The largest absolute Gasteiger partial charge is 0.488 e. The van der Waals surface area contributed by atoms with E-state index in [4.69, 9.17) is 10.6 Å². The van der Waals surface area contributed by atoms with Crippen LogP contribution in [-0.2, 0) is 6.61 Å². The van der Waals surface area contributed by atoms with Crippen LogP contribution in [0.3, 0.4) is 0 Å². The first-order valence-corrected chi connectivity index (χ1v) is 5.49. The topological polar surface area (TPSA) is 47.6 Å². The zero-order valence-electron chi connectivity index (χ0n) is 9.71. The summed E-state index contributed by atoms with van der Waals surface area (Å²) in [6.45, 7) is 0.371. The fourth-order valence-electron chi connectivity index (χ4n) is 1.54. The van der Waals surface area contributed by atoms with Crippen molar-refractivity contribution in [1.82, 2.24) is 0 Å². The lowest BCUT2D eigenvalue weighted by atomic mass is 10.2. The number of benzene rings is 2.